The number of hydrogen-bond donors (Lipinski definition) is 2. The van der Waals surface area contributed by atoms with Crippen LogP contribution in [0.3, 0.4) is 0 Å². The molecule has 1 aromatic heterocycles. The molecule has 6 heteroatoms. The standard InChI is InChI=1S/C9H10N2O4/c1-15-9(14)11-5-6-4-10-3-2-7(6)8(12)13/h2-4H,5H2,1H3,(H,11,14)(H,12,13). The molecule has 0 fully saturated rings. The van der Waals surface area contributed by atoms with Crippen LogP contribution < -0.4 is 5.32 Å². The molecule has 0 saturated carbocycles. The average Bonchev–Trinajstić information content (AvgIpc) is 2.26. The molecule has 0 bridgehead atoms. The van der Waals surface area contributed by atoms with Gasteiger partial charge >= 0.3 is 12.1 Å². The lowest BCUT2D eigenvalue weighted by Crippen LogP contribution is -2.23. The van der Waals surface area contributed by atoms with E-state index in [1.165, 1.54) is 25.6 Å². The third-order valence-electron chi connectivity index (χ3n) is 1.74. The number of rotatable bonds is 3. The number of carbonyl (C=O) groups is 2. The highest BCUT2D eigenvalue weighted by Gasteiger charge is 2.10. The Morgan fingerprint density at radius 2 is 2.33 bits per heavy atom. The van der Waals surface area contributed by atoms with Crippen LogP contribution >= 0.6 is 0 Å². The molecule has 0 aliphatic heterocycles. The van der Waals surface area contributed by atoms with Gasteiger partial charge in [-0.05, 0) is 6.07 Å². The zero-order valence-corrected chi connectivity index (χ0v) is 8.06. The molecular formula is C9H10N2O4. The first kappa shape index (κ1) is 11.0. The van der Waals surface area contributed by atoms with Crippen molar-refractivity contribution in [2.24, 2.45) is 0 Å². The highest BCUT2D eigenvalue weighted by molar-refractivity contribution is 5.89. The molecule has 6 nitrogen and oxygen atoms in total. The summed E-state index contributed by atoms with van der Waals surface area (Å²) in [7, 11) is 1.23. The first-order valence-electron chi connectivity index (χ1n) is 4.13. The number of carbonyl (C=O) groups excluding carboxylic acids is 1. The van der Waals surface area contributed by atoms with Crippen LogP contribution in [0.2, 0.25) is 0 Å². The summed E-state index contributed by atoms with van der Waals surface area (Å²) in [4.78, 5) is 25.3. The Bertz CT molecular complexity index is 378. The Morgan fingerprint density at radius 1 is 1.60 bits per heavy atom. The second kappa shape index (κ2) is 4.94. The number of ether oxygens (including phenoxy) is 1. The SMILES string of the molecule is COC(=O)NCc1cnccc1C(=O)O. The fourth-order valence-corrected chi connectivity index (χ4v) is 1.02. The van der Waals surface area contributed by atoms with E-state index in [-0.39, 0.29) is 12.1 Å². The van der Waals surface area contributed by atoms with Gasteiger partial charge in [-0.3, -0.25) is 4.98 Å². The average molecular weight is 210 g/mol. The summed E-state index contributed by atoms with van der Waals surface area (Å²) in [6.45, 7) is 0.0716. The van der Waals surface area contributed by atoms with E-state index in [4.69, 9.17) is 5.11 Å². The summed E-state index contributed by atoms with van der Waals surface area (Å²) >= 11 is 0. The summed E-state index contributed by atoms with van der Waals surface area (Å²) in [5.74, 6) is -1.06. The summed E-state index contributed by atoms with van der Waals surface area (Å²) in [6, 6.07) is 1.37. The molecule has 0 aliphatic carbocycles. The van der Waals surface area contributed by atoms with Crippen molar-refractivity contribution < 1.29 is 19.4 Å². The Labute approximate surface area is 85.9 Å². The van der Waals surface area contributed by atoms with Crippen molar-refractivity contribution in [1.29, 1.82) is 0 Å². The van der Waals surface area contributed by atoms with Crippen LogP contribution in [-0.4, -0.2) is 29.3 Å². The molecule has 1 amide bonds. The lowest BCUT2D eigenvalue weighted by atomic mass is 10.1. The van der Waals surface area contributed by atoms with Crippen LogP contribution in [0.5, 0.6) is 0 Å². The number of nitrogens with zero attached hydrogens (tertiary/aromatic N) is 1. The van der Waals surface area contributed by atoms with Gasteiger partial charge < -0.3 is 15.2 Å². The van der Waals surface area contributed by atoms with E-state index in [0.29, 0.717) is 5.56 Å². The summed E-state index contributed by atoms with van der Waals surface area (Å²) in [6.07, 6.45) is 2.15. The maximum absolute atomic E-state index is 10.8. The predicted molar refractivity (Wildman–Crippen MR) is 50.4 cm³/mol. The lowest BCUT2D eigenvalue weighted by molar-refractivity contribution is 0.0695. The molecule has 0 aliphatic rings. The number of methoxy groups -OCH3 is 1. The van der Waals surface area contributed by atoms with E-state index in [1.54, 1.807) is 0 Å². The monoisotopic (exact) mass is 210 g/mol. The van der Waals surface area contributed by atoms with E-state index in [2.05, 4.69) is 15.0 Å². The largest absolute Gasteiger partial charge is 0.478 e. The molecule has 0 spiro atoms. The third kappa shape index (κ3) is 2.94. The van der Waals surface area contributed by atoms with Gasteiger partial charge in [0.2, 0.25) is 0 Å². The topological polar surface area (TPSA) is 88.5 Å². The highest BCUT2D eigenvalue weighted by Crippen LogP contribution is 2.06. The van der Waals surface area contributed by atoms with Gasteiger partial charge in [-0.25, -0.2) is 9.59 Å². The summed E-state index contributed by atoms with van der Waals surface area (Å²) in [5.41, 5.74) is 0.539. The second-order valence-corrected chi connectivity index (χ2v) is 2.68. The fraction of sp³-hybridized carbons (Fsp3) is 0.222. The van der Waals surface area contributed by atoms with Crippen LogP contribution in [0, 0.1) is 0 Å². The lowest BCUT2D eigenvalue weighted by Gasteiger charge is -2.05. The number of nitrogens with one attached hydrogen (secondary N) is 1. The fourth-order valence-electron chi connectivity index (χ4n) is 1.02. The molecule has 2 N–H and O–H groups in total. The number of amides is 1. The normalized spacial score (nSPS) is 9.40. The maximum atomic E-state index is 10.8. The summed E-state index contributed by atoms with van der Waals surface area (Å²) < 4.78 is 4.35. The van der Waals surface area contributed by atoms with Crippen molar-refractivity contribution >= 4 is 12.1 Å². The molecule has 15 heavy (non-hydrogen) atoms. The van der Waals surface area contributed by atoms with Crippen LogP contribution in [0.15, 0.2) is 18.5 Å². The highest BCUT2D eigenvalue weighted by atomic mass is 16.5. The predicted octanol–water partition coefficient (Wildman–Crippen LogP) is 0.636. The van der Waals surface area contributed by atoms with Crippen molar-refractivity contribution in [2.45, 2.75) is 6.54 Å². The summed E-state index contributed by atoms with van der Waals surface area (Å²) in [5, 5.41) is 11.2. The minimum atomic E-state index is -1.06. The quantitative estimate of drug-likeness (QED) is 0.764. The first-order chi connectivity index (χ1) is 7.15. The Hall–Kier alpha value is -2.11. The molecule has 80 valence electrons. The third-order valence-corrected chi connectivity index (χ3v) is 1.74. The number of aromatic carboxylic acids is 1. The molecule has 0 saturated heterocycles. The van der Waals surface area contributed by atoms with Gasteiger partial charge in [0.15, 0.2) is 0 Å². The molecular weight excluding hydrogens is 200 g/mol. The van der Waals surface area contributed by atoms with Crippen molar-refractivity contribution in [3.63, 3.8) is 0 Å². The van der Waals surface area contributed by atoms with Gasteiger partial charge in [0.05, 0.1) is 12.7 Å². The van der Waals surface area contributed by atoms with Crippen molar-refractivity contribution in [3.05, 3.63) is 29.6 Å². The number of carboxylic acids is 1. The van der Waals surface area contributed by atoms with Gasteiger partial charge in [0.25, 0.3) is 0 Å². The molecule has 1 rings (SSSR count). The van der Waals surface area contributed by atoms with Gasteiger partial charge in [-0.2, -0.15) is 0 Å². The molecule has 0 aromatic carbocycles. The van der Waals surface area contributed by atoms with Gasteiger partial charge in [0.1, 0.15) is 0 Å². The minimum absolute atomic E-state index is 0.0716. The van der Waals surface area contributed by atoms with E-state index in [1.807, 2.05) is 0 Å². The van der Waals surface area contributed by atoms with Crippen LogP contribution in [0.1, 0.15) is 15.9 Å². The molecule has 1 heterocycles. The Kier molecular flexibility index (Phi) is 3.61. The van der Waals surface area contributed by atoms with E-state index >= 15 is 0 Å². The first-order valence-corrected chi connectivity index (χ1v) is 4.13. The van der Waals surface area contributed by atoms with E-state index in [0.717, 1.165) is 0 Å². The van der Waals surface area contributed by atoms with Crippen LogP contribution in [0.25, 0.3) is 0 Å². The number of pyridine rings is 1. The smallest absolute Gasteiger partial charge is 0.407 e. The number of carboxylic acid groups (broad SMARTS) is 1. The van der Waals surface area contributed by atoms with Gasteiger partial charge in [0, 0.05) is 24.5 Å². The van der Waals surface area contributed by atoms with Crippen LogP contribution in [-0.2, 0) is 11.3 Å². The van der Waals surface area contributed by atoms with Gasteiger partial charge in [-0.1, -0.05) is 0 Å². The number of aromatic nitrogens is 1. The molecule has 0 atom stereocenters. The van der Waals surface area contributed by atoms with Crippen molar-refractivity contribution in [3.8, 4) is 0 Å². The maximum Gasteiger partial charge on any atom is 0.407 e. The number of alkyl carbamates (subject to hydrolysis) is 1. The van der Waals surface area contributed by atoms with Crippen molar-refractivity contribution in [1.82, 2.24) is 10.3 Å². The Balaban J connectivity index is 2.76. The van der Waals surface area contributed by atoms with Crippen molar-refractivity contribution in [2.75, 3.05) is 7.11 Å². The molecule has 0 unspecified atom stereocenters. The van der Waals surface area contributed by atoms with E-state index in [9.17, 15) is 9.59 Å². The molecule has 1 aromatic rings. The van der Waals surface area contributed by atoms with Gasteiger partial charge in [-0.15, -0.1) is 0 Å². The number of hydrogen-bond acceptors (Lipinski definition) is 4. The minimum Gasteiger partial charge on any atom is -0.478 e. The Morgan fingerprint density at radius 3 is 2.93 bits per heavy atom. The zero-order chi connectivity index (χ0) is 11.3. The second-order valence-electron chi connectivity index (χ2n) is 2.68. The molecule has 0 radical (unpaired) electrons. The van der Waals surface area contributed by atoms with E-state index < -0.39 is 12.1 Å². The zero-order valence-electron chi connectivity index (χ0n) is 8.06. The van der Waals surface area contributed by atoms with Crippen LogP contribution in [0.4, 0.5) is 4.79 Å².